The Morgan fingerprint density at radius 1 is 1.03 bits per heavy atom. The highest BCUT2D eigenvalue weighted by molar-refractivity contribution is 7.91. The van der Waals surface area contributed by atoms with E-state index in [-0.39, 0.29) is 10.7 Å². The average Bonchev–Trinajstić information content (AvgIpc) is 2.90. The Bertz CT molecular complexity index is 1600. The third kappa shape index (κ3) is 5.24. The van der Waals surface area contributed by atoms with E-state index < -0.39 is 38.0 Å². The number of hydrogen-bond donors (Lipinski definition) is 1. The van der Waals surface area contributed by atoms with Crippen LogP contribution in [0.1, 0.15) is 56.1 Å². The van der Waals surface area contributed by atoms with Gasteiger partial charge in [-0.1, -0.05) is 44.5 Å². The summed E-state index contributed by atoms with van der Waals surface area (Å²) in [6, 6.07) is 13.1. The normalized spacial score (nSPS) is 12.4. The van der Waals surface area contributed by atoms with Crippen molar-refractivity contribution in [3.05, 3.63) is 100 Å². The van der Waals surface area contributed by atoms with Crippen LogP contribution in [0.5, 0.6) is 5.88 Å². The van der Waals surface area contributed by atoms with Crippen molar-refractivity contribution in [3.8, 4) is 17.0 Å². The number of pyridine rings is 1. The molecular weight excluding hydrogens is 505 g/mol. The van der Waals surface area contributed by atoms with E-state index >= 15 is 0 Å². The summed E-state index contributed by atoms with van der Waals surface area (Å²) < 4.78 is 42.3. The molecule has 7 nitrogen and oxygen atoms in total. The van der Waals surface area contributed by atoms with Crippen molar-refractivity contribution in [2.75, 3.05) is 0 Å². The Morgan fingerprint density at radius 2 is 1.71 bits per heavy atom. The number of unbranched alkanes of at least 4 members (excludes halogenated alkanes) is 1. The van der Waals surface area contributed by atoms with Crippen LogP contribution in [0, 0.1) is 12.7 Å². The van der Waals surface area contributed by atoms with Crippen LogP contribution in [-0.2, 0) is 16.3 Å². The van der Waals surface area contributed by atoms with Crippen molar-refractivity contribution < 1.29 is 17.9 Å². The highest BCUT2D eigenvalue weighted by Gasteiger charge is 2.31. The third-order valence-corrected chi connectivity index (χ3v) is 8.39. The van der Waals surface area contributed by atoms with E-state index in [1.54, 1.807) is 36.7 Å². The van der Waals surface area contributed by atoms with Gasteiger partial charge in [0.05, 0.1) is 10.9 Å². The molecule has 2 aromatic carbocycles. The average molecular weight is 536 g/mol. The maximum atomic E-state index is 13.9. The minimum Gasteiger partial charge on any atom is -0.492 e. The highest BCUT2D eigenvalue weighted by Crippen LogP contribution is 2.30. The van der Waals surface area contributed by atoms with Crippen molar-refractivity contribution in [2.24, 2.45) is 0 Å². The molecular formula is C29H30FN3O4S. The lowest BCUT2D eigenvalue weighted by Gasteiger charge is -2.23. The van der Waals surface area contributed by atoms with Crippen LogP contribution in [-0.4, -0.2) is 28.1 Å². The van der Waals surface area contributed by atoms with Gasteiger partial charge in [0.2, 0.25) is 15.7 Å². The molecule has 38 heavy (non-hydrogen) atoms. The number of halogens is 1. The molecule has 2 aromatic heterocycles. The number of rotatable bonds is 9. The predicted molar refractivity (Wildman–Crippen MR) is 143 cm³/mol. The van der Waals surface area contributed by atoms with Crippen LogP contribution in [0.25, 0.3) is 11.1 Å². The second-order valence-electron chi connectivity index (χ2n) is 9.15. The van der Waals surface area contributed by atoms with E-state index in [2.05, 4.69) is 9.97 Å². The van der Waals surface area contributed by atoms with E-state index in [4.69, 9.17) is 0 Å². The largest absolute Gasteiger partial charge is 0.492 e. The summed E-state index contributed by atoms with van der Waals surface area (Å²) in [5.41, 5.74) is 2.42. The molecule has 0 saturated carbocycles. The summed E-state index contributed by atoms with van der Waals surface area (Å²) >= 11 is 0. The Kier molecular flexibility index (Phi) is 8.06. The monoisotopic (exact) mass is 535 g/mol. The zero-order chi connectivity index (χ0) is 27.4. The fourth-order valence-corrected chi connectivity index (χ4v) is 5.94. The molecule has 0 aliphatic heterocycles. The summed E-state index contributed by atoms with van der Waals surface area (Å²) in [5.74, 6) is -0.951. The third-order valence-electron chi connectivity index (χ3n) is 6.60. The SMILES string of the molecule is CCCCc1nc(O)c(S(=O)(=O)c2ccc(-c3ccncc3C)cc2)c(=O)n1[C@@H](CC)c1ccc(F)cc1. The molecule has 0 unspecified atom stereocenters. The summed E-state index contributed by atoms with van der Waals surface area (Å²) in [5, 5.41) is 10.8. The fraction of sp³-hybridized carbons (Fsp3) is 0.276. The second kappa shape index (κ2) is 11.3. The van der Waals surface area contributed by atoms with Crippen molar-refractivity contribution >= 4 is 9.84 Å². The molecule has 0 spiro atoms. The second-order valence-corrected chi connectivity index (χ2v) is 11.0. The van der Waals surface area contributed by atoms with Crippen LogP contribution < -0.4 is 5.56 Å². The summed E-state index contributed by atoms with van der Waals surface area (Å²) in [6.07, 6.45) is 5.68. The summed E-state index contributed by atoms with van der Waals surface area (Å²) in [6.45, 7) is 5.74. The first kappa shape index (κ1) is 27.2. The molecule has 0 bridgehead atoms. The lowest BCUT2D eigenvalue weighted by Crippen LogP contribution is -2.33. The van der Waals surface area contributed by atoms with E-state index in [0.29, 0.717) is 24.8 Å². The first-order valence-corrected chi connectivity index (χ1v) is 14.0. The van der Waals surface area contributed by atoms with Crippen molar-refractivity contribution in [3.63, 3.8) is 0 Å². The number of aryl methyl sites for hydroxylation is 2. The van der Waals surface area contributed by atoms with Crippen LogP contribution in [0.4, 0.5) is 4.39 Å². The van der Waals surface area contributed by atoms with Crippen LogP contribution in [0.2, 0.25) is 0 Å². The molecule has 0 fully saturated rings. The molecule has 2 heterocycles. The minimum atomic E-state index is -4.42. The van der Waals surface area contributed by atoms with E-state index in [1.165, 1.54) is 28.8 Å². The number of nitrogens with zero attached hydrogens (tertiary/aromatic N) is 3. The zero-order valence-corrected chi connectivity index (χ0v) is 22.4. The van der Waals surface area contributed by atoms with Gasteiger partial charge in [-0.2, -0.15) is 4.98 Å². The maximum Gasteiger partial charge on any atom is 0.277 e. The first-order valence-electron chi connectivity index (χ1n) is 12.5. The van der Waals surface area contributed by atoms with Crippen molar-refractivity contribution in [2.45, 2.75) is 62.3 Å². The minimum absolute atomic E-state index is 0.134. The molecule has 0 aliphatic carbocycles. The molecule has 9 heteroatoms. The van der Waals surface area contributed by atoms with Gasteiger partial charge in [0.15, 0.2) is 4.90 Å². The van der Waals surface area contributed by atoms with Gasteiger partial charge >= 0.3 is 0 Å². The van der Waals surface area contributed by atoms with Gasteiger partial charge in [-0.25, -0.2) is 12.8 Å². The van der Waals surface area contributed by atoms with Gasteiger partial charge < -0.3 is 5.11 Å². The molecule has 0 aliphatic rings. The topological polar surface area (TPSA) is 102 Å². The van der Waals surface area contributed by atoms with Crippen molar-refractivity contribution in [1.82, 2.24) is 14.5 Å². The summed E-state index contributed by atoms with van der Waals surface area (Å²) in [4.78, 5) is 21.3. The number of hydrogen-bond acceptors (Lipinski definition) is 6. The van der Waals surface area contributed by atoms with Crippen LogP contribution in [0.3, 0.4) is 0 Å². The van der Waals surface area contributed by atoms with E-state index in [9.17, 15) is 22.7 Å². The Balaban J connectivity index is 1.86. The highest BCUT2D eigenvalue weighted by atomic mass is 32.2. The quantitative estimate of drug-likeness (QED) is 0.298. The lowest BCUT2D eigenvalue weighted by atomic mass is 10.0. The smallest absolute Gasteiger partial charge is 0.277 e. The van der Waals surface area contributed by atoms with Crippen molar-refractivity contribution in [1.29, 1.82) is 0 Å². The number of aromatic hydroxyl groups is 1. The molecule has 0 amide bonds. The number of aromatic nitrogens is 3. The predicted octanol–water partition coefficient (Wildman–Crippen LogP) is 5.63. The van der Waals surface area contributed by atoms with Gasteiger partial charge in [-0.3, -0.25) is 14.3 Å². The molecule has 1 N–H and O–H groups in total. The van der Waals surface area contributed by atoms with Gasteiger partial charge in [0, 0.05) is 18.8 Å². The van der Waals surface area contributed by atoms with Gasteiger partial charge in [-0.05, 0) is 72.4 Å². The fourth-order valence-electron chi connectivity index (χ4n) is 4.60. The van der Waals surface area contributed by atoms with Crippen LogP contribution in [0.15, 0.2) is 81.6 Å². The first-order chi connectivity index (χ1) is 18.2. The van der Waals surface area contributed by atoms with E-state index in [0.717, 1.165) is 23.1 Å². The molecule has 1 atom stereocenters. The van der Waals surface area contributed by atoms with E-state index in [1.807, 2.05) is 26.8 Å². The van der Waals surface area contributed by atoms with Crippen LogP contribution >= 0.6 is 0 Å². The number of benzene rings is 2. The Labute approximate surface area is 221 Å². The Hall–Kier alpha value is -3.85. The summed E-state index contributed by atoms with van der Waals surface area (Å²) in [7, 11) is -4.42. The molecule has 4 rings (SSSR count). The molecule has 0 saturated heterocycles. The Morgan fingerprint density at radius 3 is 2.32 bits per heavy atom. The van der Waals surface area contributed by atoms with Gasteiger partial charge in [-0.15, -0.1) is 0 Å². The number of sulfone groups is 1. The molecule has 0 radical (unpaired) electrons. The van der Waals surface area contributed by atoms with Gasteiger partial charge in [0.1, 0.15) is 11.6 Å². The maximum absolute atomic E-state index is 13.9. The van der Waals surface area contributed by atoms with Gasteiger partial charge in [0.25, 0.3) is 5.56 Å². The lowest BCUT2D eigenvalue weighted by molar-refractivity contribution is 0.406. The molecule has 4 aromatic rings. The molecule has 198 valence electrons. The zero-order valence-electron chi connectivity index (χ0n) is 21.6. The standard InChI is InChI=1S/C29H30FN3O4S/c1-4-6-7-26-32-28(34)27(29(35)33(26)25(5-2)21-8-12-22(30)13-9-21)38(36,37)23-14-10-20(11-15-23)24-16-17-31-18-19(24)3/h8-18,25,34H,4-7H2,1-3H3/t25-/m0/s1.